The fraction of sp³-hybridized carbons (Fsp3) is 0.423. The third kappa shape index (κ3) is 6.89. The van der Waals surface area contributed by atoms with E-state index in [9.17, 15) is 4.79 Å². The van der Waals surface area contributed by atoms with E-state index in [-0.39, 0.29) is 18.8 Å². The molecule has 36 heavy (non-hydrogen) atoms. The number of nitrogens with zero attached hydrogens (tertiary/aromatic N) is 3. The molecule has 9 nitrogen and oxygen atoms in total. The van der Waals surface area contributed by atoms with Gasteiger partial charge in [0.05, 0.1) is 31.4 Å². The summed E-state index contributed by atoms with van der Waals surface area (Å²) in [5.74, 6) is 2.05. The van der Waals surface area contributed by atoms with E-state index in [0.717, 1.165) is 16.9 Å². The Hall–Kier alpha value is -3.30. The van der Waals surface area contributed by atoms with Gasteiger partial charge in [-0.2, -0.15) is 4.98 Å². The van der Waals surface area contributed by atoms with Crippen LogP contribution in [0.2, 0.25) is 5.02 Å². The Labute approximate surface area is 215 Å². The van der Waals surface area contributed by atoms with Crippen molar-refractivity contribution in [3.05, 3.63) is 58.9 Å². The molecule has 1 saturated heterocycles. The summed E-state index contributed by atoms with van der Waals surface area (Å²) in [6.07, 6.45) is 0.133. The predicted octanol–water partition coefficient (Wildman–Crippen LogP) is 5.16. The number of aromatic nitrogens is 2. The number of amides is 1. The largest absolute Gasteiger partial charge is 0.497 e. The Bertz CT molecular complexity index is 1180. The zero-order valence-electron chi connectivity index (χ0n) is 20.8. The summed E-state index contributed by atoms with van der Waals surface area (Å²) in [4.78, 5) is 18.5. The normalized spacial score (nSPS) is 16.0. The molecule has 10 heteroatoms. The van der Waals surface area contributed by atoms with E-state index in [1.165, 1.54) is 0 Å². The van der Waals surface area contributed by atoms with Crippen LogP contribution in [-0.2, 0) is 22.5 Å². The minimum atomic E-state index is -0.535. The molecule has 1 atom stereocenters. The quantitative estimate of drug-likeness (QED) is 0.426. The van der Waals surface area contributed by atoms with Gasteiger partial charge >= 0.3 is 6.09 Å². The second-order valence-electron chi connectivity index (χ2n) is 9.42. The molecule has 1 aromatic heterocycles. The van der Waals surface area contributed by atoms with Crippen molar-refractivity contribution < 1.29 is 28.3 Å². The van der Waals surface area contributed by atoms with Crippen molar-refractivity contribution in [3.63, 3.8) is 0 Å². The van der Waals surface area contributed by atoms with Crippen LogP contribution in [0.1, 0.15) is 32.2 Å². The highest BCUT2D eigenvalue weighted by molar-refractivity contribution is 6.32. The standard InChI is InChI=1S/C26H30ClN3O6/c1-26(2,3)35-25(31)30-11-12-33-20(15-30)13-17-5-10-22(21(27)14-17)34-16-23-28-24(36-29-23)18-6-8-19(32-4)9-7-18/h5-10,14,20H,11-13,15-16H2,1-4H3/t20-/m1/s1. The van der Waals surface area contributed by atoms with Crippen LogP contribution in [-0.4, -0.2) is 59.6 Å². The molecule has 0 aliphatic carbocycles. The zero-order valence-corrected chi connectivity index (χ0v) is 21.6. The van der Waals surface area contributed by atoms with E-state index in [1.807, 2.05) is 57.2 Å². The van der Waals surface area contributed by atoms with Crippen LogP contribution in [0.3, 0.4) is 0 Å². The number of hydrogen-bond donors (Lipinski definition) is 0. The van der Waals surface area contributed by atoms with E-state index < -0.39 is 5.60 Å². The van der Waals surface area contributed by atoms with Crippen molar-refractivity contribution in [2.75, 3.05) is 26.8 Å². The molecule has 0 unspecified atom stereocenters. The summed E-state index contributed by atoms with van der Waals surface area (Å²) in [5, 5.41) is 4.44. The number of methoxy groups -OCH3 is 1. The van der Waals surface area contributed by atoms with Gasteiger partial charge in [-0.1, -0.05) is 22.8 Å². The SMILES string of the molecule is COc1ccc(-c2nc(COc3ccc(C[C@@H]4CN(C(=O)OC(C)(C)C)CCO4)cc3Cl)no2)cc1. The fourth-order valence-electron chi connectivity index (χ4n) is 3.69. The number of carbonyl (C=O) groups excluding carboxylic acids is 1. The smallest absolute Gasteiger partial charge is 0.410 e. The maximum atomic E-state index is 12.4. The van der Waals surface area contributed by atoms with Crippen LogP contribution < -0.4 is 9.47 Å². The number of morpholine rings is 1. The third-order valence-corrected chi connectivity index (χ3v) is 5.71. The molecule has 1 amide bonds. The highest BCUT2D eigenvalue weighted by atomic mass is 35.5. The van der Waals surface area contributed by atoms with Gasteiger partial charge in [-0.3, -0.25) is 0 Å². The lowest BCUT2D eigenvalue weighted by Crippen LogP contribution is -2.48. The summed E-state index contributed by atoms with van der Waals surface area (Å²) in [5.41, 5.74) is 1.23. The van der Waals surface area contributed by atoms with E-state index in [0.29, 0.717) is 48.6 Å². The van der Waals surface area contributed by atoms with Crippen LogP contribution in [0, 0.1) is 0 Å². The Kier molecular flexibility index (Phi) is 8.01. The Morgan fingerprint density at radius 3 is 2.67 bits per heavy atom. The number of carbonyl (C=O) groups is 1. The third-order valence-electron chi connectivity index (χ3n) is 5.41. The first kappa shape index (κ1) is 25.8. The van der Waals surface area contributed by atoms with Gasteiger partial charge in [-0.25, -0.2) is 4.79 Å². The molecule has 3 aromatic rings. The van der Waals surface area contributed by atoms with E-state index in [1.54, 1.807) is 18.1 Å². The van der Waals surface area contributed by atoms with Gasteiger partial charge in [0.15, 0.2) is 6.61 Å². The van der Waals surface area contributed by atoms with Gasteiger partial charge in [-0.15, -0.1) is 0 Å². The molecule has 0 radical (unpaired) electrons. The zero-order chi connectivity index (χ0) is 25.7. The van der Waals surface area contributed by atoms with Crippen molar-refractivity contribution >= 4 is 17.7 Å². The second-order valence-corrected chi connectivity index (χ2v) is 9.83. The summed E-state index contributed by atoms with van der Waals surface area (Å²) >= 11 is 6.47. The predicted molar refractivity (Wildman–Crippen MR) is 133 cm³/mol. The number of benzene rings is 2. The Balaban J connectivity index is 1.31. The van der Waals surface area contributed by atoms with E-state index in [2.05, 4.69) is 10.1 Å². The molecule has 0 saturated carbocycles. The molecule has 1 aliphatic heterocycles. The van der Waals surface area contributed by atoms with Crippen molar-refractivity contribution in [1.29, 1.82) is 0 Å². The van der Waals surface area contributed by atoms with E-state index >= 15 is 0 Å². The van der Waals surface area contributed by atoms with Crippen LogP contribution in [0.15, 0.2) is 47.0 Å². The fourth-order valence-corrected chi connectivity index (χ4v) is 3.95. The topological polar surface area (TPSA) is 96.2 Å². The molecule has 1 fully saturated rings. The molecule has 4 rings (SSSR count). The Morgan fingerprint density at radius 1 is 1.19 bits per heavy atom. The van der Waals surface area contributed by atoms with Crippen LogP contribution in [0.4, 0.5) is 4.79 Å². The molecule has 2 aromatic carbocycles. The van der Waals surface area contributed by atoms with Crippen molar-refractivity contribution in [2.24, 2.45) is 0 Å². The van der Waals surface area contributed by atoms with Gasteiger partial charge in [-0.05, 0) is 62.7 Å². The molecule has 1 aliphatic rings. The molecular weight excluding hydrogens is 486 g/mol. The first-order valence-corrected chi connectivity index (χ1v) is 12.1. The van der Waals surface area contributed by atoms with Crippen molar-refractivity contribution in [1.82, 2.24) is 15.0 Å². The van der Waals surface area contributed by atoms with Crippen molar-refractivity contribution in [3.8, 4) is 23.0 Å². The number of ether oxygens (including phenoxy) is 4. The van der Waals surface area contributed by atoms with Gasteiger partial charge in [0, 0.05) is 18.5 Å². The molecule has 0 N–H and O–H groups in total. The number of hydrogen-bond acceptors (Lipinski definition) is 8. The van der Waals surface area contributed by atoms with Crippen LogP contribution >= 0.6 is 11.6 Å². The van der Waals surface area contributed by atoms with E-state index in [4.69, 9.17) is 35.1 Å². The lowest BCUT2D eigenvalue weighted by Gasteiger charge is -2.34. The van der Waals surface area contributed by atoms with Gasteiger partial charge in [0.2, 0.25) is 5.82 Å². The van der Waals surface area contributed by atoms with Gasteiger partial charge < -0.3 is 28.4 Å². The second kappa shape index (κ2) is 11.2. The first-order valence-electron chi connectivity index (χ1n) is 11.7. The number of halogens is 1. The maximum Gasteiger partial charge on any atom is 0.410 e. The molecule has 192 valence electrons. The summed E-state index contributed by atoms with van der Waals surface area (Å²) in [6.45, 7) is 7.10. The van der Waals surface area contributed by atoms with Crippen LogP contribution in [0.25, 0.3) is 11.5 Å². The minimum Gasteiger partial charge on any atom is -0.497 e. The summed E-state index contributed by atoms with van der Waals surface area (Å²) in [6, 6.07) is 12.9. The van der Waals surface area contributed by atoms with Crippen LogP contribution in [0.5, 0.6) is 11.5 Å². The summed E-state index contributed by atoms with van der Waals surface area (Å²) in [7, 11) is 1.61. The lowest BCUT2D eigenvalue weighted by atomic mass is 10.1. The highest BCUT2D eigenvalue weighted by Crippen LogP contribution is 2.28. The molecule has 2 heterocycles. The van der Waals surface area contributed by atoms with Gasteiger partial charge in [0.25, 0.3) is 5.89 Å². The number of rotatable bonds is 7. The molecular formula is C26H30ClN3O6. The average Bonchev–Trinajstić information content (AvgIpc) is 3.32. The molecule has 0 bridgehead atoms. The molecule has 0 spiro atoms. The minimum absolute atomic E-state index is 0.106. The monoisotopic (exact) mass is 515 g/mol. The van der Waals surface area contributed by atoms with Crippen molar-refractivity contribution in [2.45, 2.75) is 45.5 Å². The van der Waals surface area contributed by atoms with Gasteiger partial charge in [0.1, 0.15) is 17.1 Å². The first-order chi connectivity index (χ1) is 17.2. The Morgan fingerprint density at radius 2 is 1.97 bits per heavy atom. The average molecular weight is 516 g/mol. The highest BCUT2D eigenvalue weighted by Gasteiger charge is 2.28. The lowest BCUT2D eigenvalue weighted by molar-refractivity contribution is -0.0415. The maximum absolute atomic E-state index is 12.4. The summed E-state index contributed by atoms with van der Waals surface area (Å²) < 4.78 is 27.7.